The van der Waals surface area contributed by atoms with Gasteiger partial charge in [-0.15, -0.1) is 11.3 Å². The van der Waals surface area contributed by atoms with Gasteiger partial charge in [-0.25, -0.2) is 4.98 Å². The zero-order valence-electron chi connectivity index (χ0n) is 10.9. The fourth-order valence-electron chi connectivity index (χ4n) is 2.55. The molecule has 0 bridgehead atoms. The second kappa shape index (κ2) is 5.73. The number of benzene rings is 1. The summed E-state index contributed by atoms with van der Waals surface area (Å²) in [6, 6.07) is 8.88. The van der Waals surface area contributed by atoms with Crippen molar-refractivity contribution in [1.82, 2.24) is 10.3 Å². The second-order valence-electron chi connectivity index (χ2n) is 4.98. The number of nitrogens with zero attached hydrogens (tertiary/aromatic N) is 1. The quantitative estimate of drug-likeness (QED) is 0.859. The number of hydrogen-bond donors (Lipinski definition) is 1. The van der Waals surface area contributed by atoms with Crippen molar-refractivity contribution in [1.29, 1.82) is 0 Å². The lowest BCUT2D eigenvalue weighted by atomic mass is 10.0. The standard InChI is InChI=1S/C15H17BrN2S/c1-10-14(13-7-2-3-8-17-13)19-15(18-10)11-5-4-6-12(16)9-11/h4-6,9,13,17H,2-3,7-8H2,1H3. The largest absolute Gasteiger partial charge is 0.309 e. The third kappa shape index (κ3) is 2.91. The van der Waals surface area contributed by atoms with Gasteiger partial charge < -0.3 is 5.32 Å². The van der Waals surface area contributed by atoms with Crippen LogP contribution >= 0.6 is 27.3 Å². The van der Waals surface area contributed by atoms with Crippen molar-refractivity contribution in [2.24, 2.45) is 0 Å². The minimum atomic E-state index is 0.507. The normalized spacial score (nSPS) is 19.6. The molecule has 1 atom stereocenters. The van der Waals surface area contributed by atoms with Crippen molar-refractivity contribution in [3.8, 4) is 10.6 Å². The molecule has 1 saturated heterocycles. The van der Waals surface area contributed by atoms with Crippen LogP contribution in [0.3, 0.4) is 0 Å². The molecule has 2 nitrogen and oxygen atoms in total. The molecular weight excluding hydrogens is 320 g/mol. The number of aromatic nitrogens is 1. The molecule has 1 unspecified atom stereocenters. The van der Waals surface area contributed by atoms with E-state index in [2.05, 4.69) is 46.4 Å². The van der Waals surface area contributed by atoms with E-state index in [0.717, 1.165) is 16.0 Å². The molecule has 1 aliphatic rings. The molecule has 2 aromatic rings. The highest BCUT2D eigenvalue weighted by atomic mass is 79.9. The zero-order valence-corrected chi connectivity index (χ0v) is 13.4. The van der Waals surface area contributed by atoms with Crippen molar-refractivity contribution >= 4 is 27.3 Å². The predicted octanol–water partition coefficient (Wildman–Crippen LogP) is 4.70. The average Bonchev–Trinajstić information content (AvgIpc) is 2.82. The number of nitrogens with one attached hydrogen (secondary N) is 1. The van der Waals surface area contributed by atoms with E-state index in [-0.39, 0.29) is 0 Å². The van der Waals surface area contributed by atoms with Gasteiger partial charge in [-0.3, -0.25) is 0 Å². The van der Waals surface area contributed by atoms with E-state index in [0.29, 0.717) is 6.04 Å². The van der Waals surface area contributed by atoms with Crippen LogP contribution in [0.25, 0.3) is 10.6 Å². The Morgan fingerprint density at radius 2 is 2.26 bits per heavy atom. The fraction of sp³-hybridized carbons (Fsp3) is 0.400. The Labute approximate surface area is 126 Å². The van der Waals surface area contributed by atoms with Gasteiger partial charge in [0.2, 0.25) is 0 Å². The molecule has 0 radical (unpaired) electrons. The summed E-state index contributed by atoms with van der Waals surface area (Å²) in [4.78, 5) is 6.17. The van der Waals surface area contributed by atoms with Gasteiger partial charge in [0.1, 0.15) is 5.01 Å². The maximum absolute atomic E-state index is 4.75. The summed E-state index contributed by atoms with van der Waals surface area (Å²) >= 11 is 5.36. The molecule has 19 heavy (non-hydrogen) atoms. The van der Waals surface area contributed by atoms with Crippen LogP contribution in [0.5, 0.6) is 0 Å². The van der Waals surface area contributed by atoms with Crippen molar-refractivity contribution in [3.05, 3.63) is 39.3 Å². The van der Waals surface area contributed by atoms with Crippen LogP contribution in [0.4, 0.5) is 0 Å². The summed E-state index contributed by atoms with van der Waals surface area (Å²) in [5.74, 6) is 0. The lowest BCUT2D eigenvalue weighted by Gasteiger charge is -2.22. The van der Waals surface area contributed by atoms with Crippen LogP contribution in [0, 0.1) is 6.92 Å². The Morgan fingerprint density at radius 3 is 3.00 bits per heavy atom. The zero-order chi connectivity index (χ0) is 13.2. The van der Waals surface area contributed by atoms with Crippen LogP contribution in [-0.2, 0) is 0 Å². The molecule has 1 N–H and O–H groups in total. The Kier molecular flexibility index (Phi) is 4.01. The van der Waals surface area contributed by atoms with Crippen LogP contribution in [0.15, 0.2) is 28.7 Å². The third-order valence-corrected chi connectivity index (χ3v) is 5.34. The Bertz CT molecular complexity index is 573. The first kappa shape index (κ1) is 13.3. The number of aryl methyl sites for hydroxylation is 1. The number of halogens is 1. The molecule has 3 rings (SSSR count). The molecule has 1 aromatic carbocycles. The molecular formula is C15H17BrN2S. The minimum Gasteiger partial charge on any atom is -0.309 e. The van der Waals surface area contributed by atoms with Crippen molar-refractivity contribution in [2.45, 2.75) is 32.2 Å². The first-order valence-electron chi connectivity index (χ1n) is 6.70. The van der Waals surface area contributed by atoms with E-state index >= 15 is 0 Å². The van der Waals surface area contributed by atoms with Gasteiger partial charge in [0.25, 0.3) is 0 Å². The highest BCUT2D eigenvalue weighted by Gasteiger charge is 2.20. The van der Waals surface area contributed by atoms with Gasteiger partial charge in [0, 0.05) is 21.0 Å². The van der Waals surface area contributed by atoms with Crippen LogP contribution in [0.1, 0.15) is 35.9 Å². The summed E-state index contributed by atoms with van der Waals surface area (Å²) in [7, 11) is 0. The first-order valence-corrected chi connectivity index (χ1v) is 8.31. The van der Waals surface area contributed by atoms with E-state index in [9.17, 15) is 0 Å². The molecule has 0 amide bonds. The lowest BCUT2D eigenvalue weighted by Crippen LogP contribution is -2.26. The van der Waals surface area contributed by atoms with Gasteiger partial charge in [-0.1, -0.05) is 34.5 Å². The van der Waals surface area contributed by atoms with E-state index in [1.807, 2.05) is 17.4 Å². The maximum atomic E-state index is 4.75. The average molecular weight is 337 g/mol. The van der Waals surface area contributed by atoms with Crippen molar-refractivity contribution in [2.75, 3.05) is 6.54 Å². The lowest BCUT2D eigenvalue weighted by molar-refractivity contribution is 0.415. The van der Waals surface area contributed by atoms with Gasteiger partial charge in [0.15, 0.2) is 0 Å². The molecule has 1 fully saturated rings. The van der Waals surface area contributed by atoms with Crippen LogP contribution in [0.2, 0.25) is 0 Å². The minimum absolute atomic E-state index is 0.507. The highest BCUT2D eigenvalue weighted by Crippen LogP contribution is 2.35. The number of thiazole rings is 1. The SMILES string of the molecule is Cc1nc(-c2cccc(Br)c2)sc1C1CCCCN1. The molecule has 0 aliphatic carbocycles. The van der Waals surface area contributed by atoms with E-state index in [1.54, 1.807) is 0 Å². The third-order valence-electron chi connectivity index (χ3n) is 3.53. The summed E-state index contributed by atoms with van der Waals surface area (Å²) in [5, 5.41) is 4.74. The molecule has 4 heteroatoms. The maximum Gasteiger partial charge on any atom is 0.123 e. The molecule has 2 heterocycles. The van der Waals surface area contributed by atoms with Gasteiger partial charge in [0.05, 0.1) is 5.69 Å². The van der Waals surface area contributed by atoms with Crippen molar-refractivity contribution in [3.63, 3.8) is 0 Å². The first-order chi connectivity index (χ1) is 9.24. The highest BCUT2D eigenvalue weighted by molar-refractivity contribution is 9.10. The van der Waals surface area contributed by atoms with E-state index in [4.69, 9.17) is 4.98 Å². The van der Waals surface area contributed by atoms with E-state index in [1.165, 1.54) is 35.4 Å². The Hall–Kier alpha value is -0.710. The number of hydrogen-bond acceptors (Lipinski definition) is 3. The molecule has 1 aromatic heterocycles. The van der Waals surface area contributed by atoms with Crippen LogP contribution in [-0.4, -0.2) is 11.5 Å². The predicted molar refractivity (Wildman–Crippen MR) is 84.6 cm³/mol. The summed E-state index contributed by atoms with van der Waals surface area (Å²) in [5.41, 5.74) is 2.38. The van der Waals surface area contributed by atoms with Crippen LogP contribution < -0.4 is 5.32 Å². The molecule has 100 valence electrons. The van der Waals surface area contributed by atoms with Gasteiger partial charge in [-0.2, -0.15) is 0 Å². The number of piperidine rings is 1. The topological polar surface area (TPSA) is 24.9 Å². The Balaban J connectivity index is 1.92. The summed E-state index contributed by atoms with van der Waals surface area (Å²) in [6.45, 7) is 3.26. The molecule has 0 saturated carbocycles. The Morgan fingerprint density at radius 1 is 1.37 bits per heavy atom. The smallest absolute Gasteiger partial charge is 0.123 e. The monoisotopic (exact) mass is 336 g/mol. The molecule has 0 spiro atoms. The summed E-state index contributed by atoms with van der Waals surface area (Å²) < 4.78 is 1.11. The van der Waals surface area contributed by atoms with Gasteiger partial charge >= 0.3 is 0 Å². The van der Waals surface area contributed by atoms with Gasteiger partial charge in [-0.05, 0) is 38.4 Å². The fourth-order valence-corrected chi connectivity index (χ4v) is 4.12. The van der Waals surface area contributed by atoms with Crippen molar-refractivity contribution < 1.29 is 0 Å². The summed E-state index contributed by atoms with van der Waals surface area (Å²) in [6.07, 6.45) is 3.86. The number of rotatable bonds is 2. The van der Waals surface area contributed by atoms with E-state index < -0.39 is 0 Å². The molecule has 1 aliphatic heterocycles. The second-order valence-corrected chi connectivity index (χ2v) is 6.93.